The van der Waals surface area contributed by atoms with Gasteiger partial charge >= 0.3 is 0 Å². The Hall–Kier alpha value is -0.570. The Morgan fingerprint density at radius 3 is 2.92 bits per heavy atom. The van der Waals surface area contributed by atoms with Crippen molar-refractivity contribution >= 4 is 5.71 Å². The Morgan fingerprint density at radius 1 is 1.42 bits per heavy atom. The van der Waals surface area contributed by atoms with Gasteiger partial charge in [-0.1, -0.05) is 12.1 Å². The van der Waals surface area contributed by atoms with Gasteiger partial charge in [-0.3, -0.25) is 0 Å². The van der Waals surface area contributed by atoms with Crippen LogP contribution in [0.15, 0.2) is 5.16 Å². The van der Waals surface area contributed by atoms with Crippen molar-refractivity contribution < 1.29 is 5.21 Å². The minimum Gasteiger partial charge on any atom is -0.411 e. The summed E-state index contributed by atoms with van der Waals surface area (Å²) in [5.41, 5.74) is 0.966. The molecule has 3 heteroatoms. The molecule has 0 aromatic heterocycles. The van der Waals surface area contributed by atoms with E-state index in [9.17, 15) is 0 Å². The average molecular weight is 170 g/mol. The van der Waals surface area contributed by atoms with Crippen molar-refractivity contribution in [3.63, 3.8) is 0 Å². The largest absolute Gasteiger partial charge is 0.411 e. The fourth-order valence-corrected chi connectivity index (χ4v) is 1.67. The zero-order valence-electron chi connectivity index (χ0n) is 7.79. The molecule has 12 heavy (non-hydrogen) atoms. The zero-order chi connectivity index (χ0) is 8.81. The molecule has 1 aliphatic rings. The molecule has 0 aliphatic carbocycles. The highest BCUT2D eigenvalue weighted by molar-refractivity contribution is 5.84. The lowest BCUT2D eigenvalue weighted by Crippen LogP contribution is -2.25. The molecule has 1 heterocycles. The lowest BCUT2D eigenvalue weighted by molar-refractivity contribution is 0.287. The number of nitrogens with zero attached hydrogens (tertiary/aromatic N) is 2. The van der Waals surface area contributed by atoms with Gasteiger partial charge < -0.3 is 10.1 Å². The monoisotopic (exact) mass is 170 g/mol. The minimum atomic E-state index is 0.941. The Kier molecular flexibility index (Phi) is 4.08. The molecule has 1 N–H and O–H groups in total. The van der Waals surface area contributed by atoms with Crippen LogP contribution in [-0.4, -0.2) is 35.5 Å². The maximum atomic E-state index is 8.60. The lowest BCUT2D eigenvalue weighted by Gasteiger charge is -2.17. The first-order chi connectivity index (χ1) is 5.86. The summed E-state index contributed by atoms with van der Waals surface area (Å²) in [5, 5.41) is 11.9. The fourth-order valence-electron chi connectivity index (χ4n) is 1.67. The third-order valence-electron chi connectivity index (χ3n) is 2.34. The number of hydrogen-bond acceptors (Lipinski definition) is 3. The Morgan fingerprint density at radius 2 is 2.25 bits per heavy atom. The van der Waals surface area contributed by atoms with E-state index in [1.54, 1.807) is 0 Å². The lowest BCUT2D eigenvalue weighted by atomic mass is 10.2. The van der Waals surface area contributed by atoms with Crippen LogP contribution < -0.4 is 0 Å². The smallest absolute Gasteiger partial charge is 0.0584 e. The van der Waals surface area contributed by atoms with Crippen LogP contribution in [0.25, 0.3) is 0 Å². The Bertz CT molecular complexity index is 157. The first kappa shape index (κ1) is 9.52. The number of likely N-dealkylation sites (tertiary alicyclic amines) is 1. The van der Waals surface area contributed by atoms with Gasteiger partial charge in [0.15, 0.2) is 0 Å². The summed E-state index contributed by atoms with van der Waals surface area (Å²) >= 11 is 0. The summed E-state index contributed by atoms with van der Waals surface area (Å²) < 4.78 is 0. The minimum absolute atomic E-state index is 0.941. The van der Waals surface area contributed by atoms with Crippen LogP contribution in [0.5, 0.6) is 0 Å². The van der Waals surface area contributed by atoms with Crippen LogP contribution in [0.3, 0.4) is 0 Å². The van der Waals surface area contributed by atoms with Crippen molar-refractivity contribution in [2.45, 2.75) is 32.6 Å². The summed E-state index contributed by atoms with van der Waals surface area (Å²) in [7, 11) is 0. The van der Waals surface area contributed by atoms with E-state index >= 15 is 0 Å². The first-order valence-electron chi connectivity index (χ1n) is 4.79. The molecule has 1 saturated heterocycles. The number of rotatable bonds is 2. The van der Waals surface area contributed by atoms with Crippen molar-refractivity contribution in [2.24, 2.45) is 5.16 Å². The van der Waals surface area contributed by atoms with E-state index in [0.29, 0.717) is 0 Å². The third kappa shape index (κ3) is 2.81. The second-order valence-corrected chi connectivity index (χ2v) is 3.36. The van der Waals surface area contributed by atoms with E-state index in [2.05, 4.69) is 17.0 Å². The SMILES string of the molecule is CCCN1CCC/C(=N\O)CC1. The fraction of sp³-hybridized carbons (Fsp3) is 0.889. The van der Waals surface area contributed by atoms with Crippen LogP contribution in [0, 0.1) is 0 Å². The van der Waals surface area contributed by atoms with Crippen molar-refractivity contribution in [3.05, 3.63) is 0 Å². The summed E-state index contributed by atoms with van der Waals surface area (Å²) in [6.45, 7) is 5.60. The van der Waals surface area contributed by atoms with Crippen LogP contribution in [-0.2, 0) is 0 Å². The molecule has 0 aromatic rings. The molecule has 1 rings (SSSR count). The van der Waals surface area contributed by atoms with Gasteiger partial charge in [0.2, 0.25) is 0 Å². The second-order valence-electron chi connectivity index (χ2n) is 3.36. The van der Waals surface area contributed by atoms with Gasteiger partial charge in [-0.15, -0.1) is 0 Å². The first-order valence-corrected chi connectivity index (χ1v) is 4.79. The van der Waals surface area contributed by atoms with Crippen molar-refractivity contribution in [1.29, 1.82) is 0 Å². The molecule has 70 valence electrons. The van der Waals surface area contributed by atoms with E-state index in [1.807, 2.05) is 0 Å². The van der Waals surface area contributed by atoms with E-state index in [1.165, 1.54) is 13.0 Å². The quantitative estimate of drug-likeness (QED) is 0.506. The Balaban J connectivity index is 2.34. The van der Waals surface area contributed by atoms with E-state index in [4.69, 9.17) is 5.21 Å². The molecular weight excluding hydrogens is 152 g/mol. The van der Waals surface area contributed by atoms with E-state index in [-0.39, 0.29) is 0 Å². The van der Waals surface area contributed by atoms with Crippen LogP contribution in [0.2, 0.25) is 0 Å². The highest BCUT2D eigenvalue weighted by Gasteiger charge is 2.11. The van der Waals surface area contributed by atoms with Crippen LogP contribution in [0.4, 0.5) is 0 Å². The maximum Gasteiger partial charge on any atom is 0.0584 e. The molecule has 0 spiro atoms. The summed E-state index contributed by atoms with van der Waals surface area (Å²) in [5.74, 6) is 0. The highest BCUT2D eigenvalue weighted by atomic mass is 16.4. The maximum absolute atomic E-state index is 8.60. The molecule has 0 atom stereocenters. The molecule has 1 aliphatic heterocycles. The number of hydrogen-bond donors (Lipinski definition) is 1. The predicted octanol–water partition coefficient (Wildman–Crippen LogP) is 1.71. The Labute approximate surface area is 74.1 Å². The average Bonchev–Trinajstić information content (AvgIpc) is 2.31. The van der Waals surface area contributed by atoms with Crippen molar-refractivity contribution in [2.75, 3.05) is 19.6 Å². The molecule has 0 bridgehead atoms. The third-order valence-corrected chi connectivity index (χ3v) is 2.34. The number of oxime groups is 1. The molecule has 1 fully saturated rings. The van der Waals surface area contributed by atoms with E-state index in [0.717, 1.165) is 38.1 Å². The molecular formula is C9H18N2O. The van der Waals surface area contributed by atoms with Gasteiger partial charge in [-0.25, -0.2) is 0 Å². The van der Waals surface area contributed by atoms with Gasteiger partial charge in [-0.05, 0) is 32.4 Å². The molecule has 0 amide bonds. The normalized spacial score (nSPS) is 24.2. The van der Waals surface area contributed by atoms with Gasteiger partial charge in [-0.2, -0.15) is 0 Å². The zero-order valence-corrected chi connectivity index (χ0v) is 7.79. The molecule has 0 saturated carbocycles. The molecule has 0 radical (unpaired) electrons. The van der Waals surface area contributed by atoms with Gasteiger partial charge in [0.25, 0.3) is 0 Å². The van der Waals surface area contributed by atoms with Gasteiger partial charge in [0, 0.05) is 13.0 Å². The molecule has 3 nitrogen and oxygen atoms in total. The standard InChI is InChI=1S/C9H18N2O/c1-2-6-11-7-3-4-9(10-12)5-8-11/h12H,2-8H2,1H3/b10-9+. The highest BCUT2D eigenvalue weighted by Crippen LogP contribution is 2.08. The van der Waals surface area contributed by atoms with Crippen molar-refractivity contribution in [3.8, 4) is 0 Å². The molecule has 0 unspecified atom stereocenters. The second kappa shape index (κ2) is 5.14. The van der Waals surface area contributed by atoms with Crippen LogP contribution in [0.1, 0.15) is 32.6 Å². The van der Waals surface area contributed by atoms with Crippen molar-refractivity contribution in [1.82, 2.24) is 4.90 Å². The van der Waals surface area contributed by atoms with Gasteiger partial charge in [0.1, 0.15) is 0 Å². The summed E-state index contributed by atoms with van der Waals surface area (Å²) in [4.78, 5) is 2.44. The predicted molar refractivity (Wildman–Crippen MR) is 49.8 cm³/mol. The summed E-state index contributed by atoms with van der Waals surface area (Å²) in [6.07, 6.45) is 4.26. The molecule has 0 aromatic carbocycles. The summed E-state index contributed by atoms with van der Waals surface area (Å²) in [6, 6.07) is 0. The van der Waals surface area contributed by atoms with Gasteiger partial charge in [0.05, 0.1) is 5.71 Å². The van der Waals surface area contributed by atoms with E-state index < -0.39 is 0 Å². The topological polar surface area (TPSA) is 35.8 Å². The van der Waals surface area contributed by atoms with Crippen LogP contribution >= 0.6 is 0 Å².